The summed E-state index contributed by atoms with van der Waals surface area (Å²) >= 11 is 6.38. The summed E-state index contributed by atoms with van der Waals surface area (Å²) in [5.41, 5.74) is 0.163. The first kappa shape index (κ1) is 23.1. The fourth-order valence-electron chi connectivity index (χ4n) is 4.03. The average Bonchev–Trinajstić information content (AvgIpc) is 3.48. The van der Waals surface area contributed by atoms with Gasteiger partial charge in [-0.3, -0.25) is 14.2 Å². The van der Waals surface area contributed by atoms with Crippen molar-refractivity contribution in [2.45, 2.75) is 19.5 Å². The highest BCUT2D eigenvalue weighted by Crippen LogP contribution is 2.37. The van der Waals surface area contributed by atoms with Crippen LogP contribution in [0.4, 0.5) is 17.6 Å². The number of aromatic nitrogens is 3. The zero-order valence-electron chi connectivity index (χ0n) is 18.2. The predicted molar refractivity (Wildman–Crippen MR) is 120 cm³/mol. The van der Waals surface area contributed by atoms with Gasteiger partial charge in [0.25, 0.3) is 5.91 Å². The molecule has 0 saturated heterocycles. The van der Waals surface area contributed by atoms with Gasteiger partial charge >= 0.3 is 6.18 Å². The first-order valence-electron chi connectivity index (χ1n) is 10.6. The minimum absolute atomic E-state index is 0.111. The first-order valence-corrected chi connectivity index (χ1v) is 10.9. The number of furan rings is 1. The minimum atomic E-state index is -4.73. The molecule has 5 heterocycles. The van der Waals surface area contributed by atoms with E-state index in [1.54, 1.807) is 19.1 Å². The molecule has 6 nitrogen and oxygen atoms in total. The Morgan fingerprint density at radius 2 is 2.03 bits per heavy atom. The summed E-state index contributed by atoms with van der Waals surface area (Å²) in [6.07, 6.45) is 2.80. The van der Waals surface area contributed by atoms with Gasteiger partial charge in [0.15, 0.2) is 17.2 Å². The fraction of sp³-hybridized carbons (Fsp3) is 0.208. The van der Waals surface area contributed by atoms with E-state index in [0.717, 1.165) is 10.5 Å². The number of rotatable bonds is 3. The van der Waals surface area contributed by atoms with Crippen molar-refractivity contribution in [2.75, 3.05) is 13.1 Å². The molecule has 11 heteroatoms. The van der Waals surface area contributed by atoms with Crippen LogP contribution in [-0.2, 0) is 6.18 Å². The lowest BCUT2D eigenvalue weighted by Gasteiger charge is -2.26. The number of alkyl halides is 3. The number of imidazole rings is 1. The Morgan fingerprint density at radius 1 is 1.23 bits per heavy atom. The summed E-state index contributed by atoms with van der Waals surface area (Å²) in [6, 6.07) is 4.02. The highest BCUT2D eigenvalue weighted by Gasteiger charge is 2.36. The predicted octanol–water partition coefficient (Wildman–Crippen LogP) is 6.04. The quantitative estimate of drug-likeness (QED) is 0.319. The Labute approximate surface area is 201 Å². The van der Waals surface area contributed by atoms with Crippen molar-refractivity contribution < 1.29 is 26.8 Å². The molecule has 5 rings (SSSR count). The van der Waals surface area contributed by atoms with Crippen LogP contribution < -0.4 is 0 Å². The van der Waals surface area contributed by atoms with Gasteiger partial charge in [-0.15, -0.1) is 0 Å². The topological polar surface area (TPSA) is 63.6 Å². The van der Waals surface area contributed by atoms with Crippen molar-refractivity contribution in [3.05, 3.63) is 82.7 Å². The Balaban J connectivity index is 1.51. The lowest BCUT2D eigenvalue weighted by atomic mass is 10.0. The molecule has 35 heavy (non-hydrogen) atoms. The maximum absolute atomic E-state index is 14.4. The molecule has 0 spiro atoms. The van der Waals surface area contributed by atoms with E-state index in [-0.39, 0.29) is 35.2 Å². The van der Waals surface area contributed by atoms with Crippen molar-refractivity contribution >= 4 is 28.7 Å². The van der Waals surface area contributed by atoms with E-state index in [1.807, 2.05) is 0 Å². The number of nitrogens with zero attached hydrogens (tertiary/aromatic N) is 4. The zero-order chi connectivity index (χ0) is 24.9. The van der Waals surface area contributed by atoms with E-state index < -0.39 is 29.1 Å². The van der Waals surface area contributed by atoms with Gasteiger partial charge in [-0.05, 0) is 42.7 Å². The van der Waals surface area contributed by atoms with Crippen LogP contribution in [0.25, 0.3) is 22.3 Å². The van der Waals surface area contributed by atoms with Gasteiger partial charge in [-0.2, -0.15) is 13.2 Å². The Hall–Kier alpha value is -3.66. The molecule has 4 aromatic heterocycles. The maximum atomic E-state index is 14.4. The van der Waals surface area contributed by atoms with Gasteiger partial charge in [0.2, 0.25) is 0 Å². The van der Waals surface area contributed by atoms with Gasteiger partial charge in [-0.25, -0.2) is 9.37 Å². The second-order valence-electron chi connectivity index (χ2n) is 8.12. The van der Waals surface area contributed by atoms with Crippen LogP contribution in [0.1, 0.15) is 33.7 Å². The second-order valence-corrected chi connectivity index (χ2v) is 8.48. The van der Waals surface area contributed by atoms with Gasteiger partial charge in [0, 0.05) is 36.6 Å². The molecule has 0 aliphatic carbocycles. The summed E-state index contributed by atoms with van der Waals surface area (Å²) in [6.45, 7) is 1.95. The highest BCUT2D eigenvalue weighted by molar-refractivity contribution is 6.33. The van der Waals surface area contributed by atoms with Crippen LogP contribution in [0, 0.1) is 12.7 Å². The lowest BCUT2D eigenvalue weighted by molar-refractivity contribution is -0.136. The molecule has 0 bridgehead atoms. The highest BCUT2D eigenvalue weighted by atomic mass is 35.5. The molecule has 0 radical (unpaired) electrons. The van der Waals surface area contributed by atoms with Gasteiger partial charge in [0.05, 0.1) is 18.1 Å². The van der Waals surface area contributed by atoms with E-state index in [2.05, 4.69) is 9.97 Å². The summed E-state index contributed by atoms with van der Waals surface area (Å²) in [4.78, 5) is 22.7. The van der Waals surface area contributed by atoms with Gasteiger partial charge < -0.3 is 9.32 Å². The first-order chi connectivity index (χ1) is 16.6. The number of amides is 1. The van der Waals surface area contributed by atoms with E-state index in [0.29, 0.717) is 23.1 Å². The van der Waals surface area contributed by atoms with Crippen molar-refractivity contribution in [3.8, 4) is 11.1 Å². The molecule has 1 amide bonds. The summed E-state index contributed by atoms with van der Waals surface area (Å²) < 4.78 is 62.0. The monoisotopic (exact) mass is 504 g/mol. The molecule has 0 fully saturated rings. The largest absolute Gasteiger partial charge is 0.472 e. The minimum Gasteiger partial charge on any atom is -0.472 e. The molecule has 4 aromatic rings. The molecule has 180 valence electrons. The number of fused-ring (bicyclic) bond motifs is 1. The number of halogens is 5. The Kier molecular flexibility index (Phi) is 5.63. The van der Waals surface area contributed by atoms with Crippen LogP contribution in [0.15, 0.2) is 53.6 Å². The normalized spacial score (nSPS) is 14.5. The van der Waals surface area contributed by atoms with Crippen LogP contribution in [0.2, 0.25) is 5.15 Å². The molecule has 1 aliphatic heterocycles. The second kappa shape index (κ2) is 8.53. The average molecular weight is 505 g/mol. The molecule has 1 aliphatic rings. The van der Waals surface area contributed by atoms with E-state index in [9.17, 15) is 22.4 Å². The van der Waals surface area contributed by atoms with Crippen LogP contribution >= 0.6 is 11.6 Å². The number of hydrogen-bond acceptors (Lipinski definition) is 4. The van der Waals surface area contributed by atoms with E-state index in [1.165, 1.54) is 35.9 Å². The van der Waals surface area contributed by atoms with Crippen LogP contribution in [0.5, 0.6) is 0 Å². The fourth-order valence-corrected chi connectivity index (χ4v) is 4.28. The molecular weight excluding hydrogens is 488 g/mol. The van der Waals surface area contributed by atoms with Crippen LogP contribution in [0.3, 0.4) is 0 Å². The Morgan fingerprint density at radius 3 is 2.69 bits per heavy atom. The van der Waals surface area contributed by atoms with Crippen LogP contribution in [-0.4, -0.2) is 38.3 Å². The van der Waals surface area contributed by atoms with Crippen molar-refractivity contribution in [3.63, 3.8) is 0 Å². The maximum Gasteiger partial charge on any atom is 0.420 e. The van der Waals surface area contributed by atoms with Crippen molar-refractivity contribution in [1.82, 2.24) is 19.3 Å². The zero-order valence-corrected chi connectivity index (χ0v) is 19.0. The number of carbonyl (C=O) groups is 1. The lowest BCUT2D eigenvalue weighted by Crippen LogP contribution is -2.35. The summed E-state index contributed by atoms with van der Waals surface area (Å²) in [5, 5.41) is -0.234. The smallest absolute Gasteiger partial charge is 0.420 e. The number of hydrogen-bond donors (Lipinski definition) is 0. The Bertz CT molecular complexity index is 1480. The van der Waals surface area contributed by atoms with Crippen molar-refractivity contribution in [1.29, 1.82) is 0 Å². The number of aryl methyl sites for hydroxylation is 1. The van der Waals surface area contributed by atoms with Gasteiger partial charge in [-0.1, -0.05) is 17.7 Å². The third-order valence-electron chi connectivity index (χ3n) is 5.91. The molecule has 0 saturated carbocycles. The van der Waals surface area contributed by atoms with Gasteiger partial charge in [0.1, 0.15) is 10.8 Å². The molecule has 0 N–H and O–H groups in total. The summed E-state index contributed by atoms with van der Waals surface area (Å²) in [5.74, 6) is -1.04. The molecule has 0 aromatic carbocycles. The van der Waals surface area contributed by atoms with E-state index in [4.69, 9.17) is 16.0 Å². The third kappa shape index (κ3) is 4.07. The number of carbonyl (C=O) groups excluding carboxylic acids is 1. The molecule has 0 atom stereocenters. The van der Waals surface area contributed by atoms with E-state index >= 15 is 0 Å². The molecule has 0 unspecified atom stereocenters. The summed E-state index contributed by atoms with van der Waals surface area (Å²) in [7, 11) is 0. The molecular formula is C24H17ClF4N4O2. The number of pyridine rings is 2. The SMILES string of the molecule is Cc1ccnc(C2=CCN(C(=O)c3nc4c(C(F)(F)F)cc(-c5ccoc5)cn4c3Cl)CC2)c1F. The van der Waals surface area contributed by atoms with Crippen molar-refractivity contribution in [2.24, 2.45) is 0 Å². The third-order valence-corrected chi connectivity index (χ3v) is 6.27. The standard InChI is InChI=1S/C24H17ClF4N4O2/c1-13-2-6-30-19(18(13)26)14-3-7-32(8-4-14)23(34)20-21(25)33-11-16(15-5-9-35-12-15)10-17(22(33)31-20)24(27,28)29/h2-3,5-6,9-12H,4,7-8H2,1H3.